The summed E-state index contributed by atoms with van der Waals surface area (Å²) in [7, 11) is -1.80. The molecule has 2 atom stereocenters. The summed E-state index contributed by atoms with van der Waals surface area (Å²) >= 11 is 0. The molecule has 0 aliphatic carbocycles. The van der Waals surface area contributed by atoms with Crippen LogP contribution in [-0.4, -0.2) is 49.2 Å². The number of ether oxygens (including phenoxy) is 1. The molecule has 1 aliphatic rings. The van der Waals surface area contributed by atoms with Crippen molar-refractivity contribution in [2.75, 3.05) is 18.6 Å². The summed E-state index contributed by atoms with van der Waals surface area (Å²) in [5.41, 5.74) is -0.185. The number of aromatic hydroxyl groups is 2. The molecule has 1 aromatic carbocycles. The summed E-state index contributed by atoms with van der Waals surface area (Å²) < 4.78 is 34.0. The molecule has 10 heteroatoms. The van der Waals surface area contributed by atoms with Gasteiger partial charge in [0.15, 0.2) is 27.1 Å². The SMILES string of the molecule is COc1cc([C@H](CC(=O)N[C@@H]2CCS(=O)(=O)C2)c2oc(C)cc(=O)c2O)ccc1O. The zero-order valence-electron chi connectivity index (χ0n) is 16.5. The van der Waals surface area contributed by atoms with Crippen molar-refractivity contribution in [3.63, 3.8) is 0 Å². The lowest BCUT2D eigenvalue weighted by atomic mass is 9.91. The molecule has 3 N–H and O–H groups in total. The molecule has 30 heavy (non-hydrogen) atoms. The second-order valence-electron chi connectivity index (χ2n) is 7.29. The van der Waals surface area contributed by atoms with Gasteiger partial charge in [0.2, 0.25) is 17.1 Å². The Balaban J connectivity index is 1.96. The molecule has 3 rings (SSSR count). The van der Waals surface area contributed by atoms with E-state index in [1.807, 2.05) is 0 Å². The van der Waals surface area contributed by atoms with Gasteiger partial charge in [-0.3, -0.25) is 9.59 Å². The minimum absolute atomic E-state index is 0.0179. The number of carbonyl (C=O) groups is 1. The average molecular weight is 437 g/mol. The van der Waals surface area contributed by atoms with Crippen molar-refractivity contribution in [3.05, 3.63) is 51.6 Å². The number of aryl methyl sites for hydroxylation is 1. The van der Waals surface area contributed by atoms with Crippen LogP contribution in [-0.2, 0) is 14.6 Å². The first-order valence-electron chi connectivity index (χ1n) is 9.30. The predicted molar refractivity (Wildman–Crippen MR) is 108 cm³/mol. The Labute approximate surface area is 173 Å². The molecule has 1 saturated heterocycles. The van der Waals surface area contributed by atoms with Gasteiger partial charge >= 0.3 is 0 Å². The second kappa shape index (κ2) is 8.39. The molecule has 0 saturated carbocycles. The molecular formula is C20H23NO8S. The topological polar surface area (TPSA) is 143 Å². The number of methoxy groups -OCH3 is 1. The number of nitrogens with one attached hydrogen (secondary N) is 1. The molecule has 2 heterocycles. The lowest BCUT2D eigenvalue weighted by Gasteiger charge is -2.20. The second-order valence-corrected chi connectivity index (χ2v) is 9.52. The Hall–Kier alpha value is -3.01. The van der Waals surface area contributed by atoms with Gasteiger partial charge in [0, 0.05) is 18.5 Å². The molecule has 1 amide bonds. The van der Waals surface area contributed by atoms with Gasteiger partial charge < -0.3 is 24.7 Å². The number of phenols is 1. The molecule has 0 spiro atoms. The largest absolute Gasteiger partial charge is 0.504 e. The Morgan fingerprint density at radius 1 is 1.33 bits per heavy atom. The number of hydrogen-bond donors (Lipinski definition) is 3. The lowest BCUT2D eigenvalue weighted by Crippen LogP contribution is -2.36. The van der Waals surface area contributed by atoms with Crippen molar-refractivity contribution in [1.29, 1.82) is 0 Å². The molecule has 2 aromatic rings. The smallest absolute Gasteiger partial charge is 0.227 e. The summed E-state index contributed by atoms with van der Waals surface area (Å²) in [6, 6.07) is 5.02. The van der Waals surface area contributed by atoms with E-state index in [4.69, 9.17) is 9.15 Å². The molecule has 1 fully saturated rings. The van der Waals surface area contributed by atoms with Gasteiger partial charge in [-0.1, -0.05) is 6.07 Å². The van der Waals surface area contributed by atoms with Gasteiger partial charge in [0.1, 0.15) is 5.76 Å². The van der Waals surface area contributed by atoms with E-state index in [0.29, 0.717) is 12.0 Å². The first-order valence-corrected chi connectivity index (χ1v) is 11.1. The Morgan fingerprint density at radius 3 is 2.70 bits per heavy atom. The lowest BCUT2D eigenvalue weighted by molar-refractivity contribution is -0.121. The van der Waals surface area contributed by atoms with E-state index >= 15 is 0 Å². The van der Waals surface area contributed by atoms with Crippen molar-refractivity contribution in [2.24, 2.45) is 0 Å². The molecule has 1 aliphatic heterocycles. The van der Waals surface area contributed by atoms with Gasteiger partial charge in [-0.25, -0.2) is 8.42 Å². The van der Waals surface area contributed by atoms with Crippen LogP contribution in [0.15, 0.2) is 33.5 Å². The van der Waals surface area contributed by atoms with Gasteiger partial charge in [-0.2, -0.15) is 0 Å². The zero-order valence-corrected chi connectivity index (χ0v) is 17.4. The highest BCUT2D eigenvalue weighted by atomic mass is 32.2. The van der Waals surface area contributed by atoms with Crippen LogP contribution < -0.4 is 15.5 Å². The monoisotopic (exact) mass is 437 g/mol. The van der Waals surface area contributed by atoms with Crippen molar-refractivity contribution in [1.82, 2.24) is 5.32 Å². The molecule has 1 aromatic heterocycles. The van der Waals surface area contributed by atoms with Gasteiger partial charge in [-0.15, -0.1) is 0 Å². The minimum atomic E-state index is -3.16. The fourth-order valence-corrected chi connectivity index (χ4v) is 5.19. The van der Waals surface area contributed by atoms with Crippen LogP contribution in [0.2, 0.25) is 0 Å². The van der Waals surface area contributed by atoms with Crippen molar-refractivity contribution in [2.45, 2.75) is 31.7 Å². The highest BCUT2D eigenvalue weighted by Gasteiger charge is 2.31. The van der Waals surface area contributed by atoms with E-state index in [1.165, 1.54) is 25.3 Å². The normalized spacial score (nSPS) is 18.7. The third-order valence-electron chi connectivity index (χ3n) is 4.98. The highest BCUT2D eigenvalue weighted by Crippen LogP contribution is 2.37. The summed E-state index contributed by atoms with van der Waals surface area (Å²) in [6.45, 7) is 1.54. The molecular weight excluding hydrogens is 414 g/mol. The number of benzene rings is 1. The minimum Gasteiger partial charge on any atom is -0.504 e. The van der Waals surface area contributed by atoms with Gasteiger partial charge in [-0.05, 0) is 31.0 Å². The third kappa shape index (κ3) is 4.76. The van der Waals surface area contributed by atoms with Crippen LogP contribution in [0.3, 0.4) is 0 Å². The summed E-state index contributed by atoms with van der Waals surface area (Å²) in [5.74, 6) is -1.86. The van der Waals surface area contributed by atoms with Crippen molar-refractivity contribution < 1.29 is 32.6 Å². The van der Waals surface area contributed by atoms with Crippen molar-refractivity contribution in [3.8, 4) is 17.2 Å². The molecule has 162 valence electrons. The van der Waals surface area contributed by atoms with Crippen LogP contribution >= 0.6 is 0 Å². The highest BCUT2D eigenvalue weighted by molar-refractivity contribution is 7.91. The summed E-state index contributed by atoms with van der Waals surface area (Å²) in [4.78, 5) is 24.7. The van der Waals surface area contributed by atoms with Crippen LogP contribution in [0.4, 0.5) is 0 Å². The molecule has 9 nitrogen and oxygen atoms in total. The van der Waals surface area contributed by atoms with E-state index in [2.05, 4.69) is 5.32 Å². The standard InChI is InChI=1S/C20H23NO8S/c1-11-7-16(23)19(25)20(29-11)14(12-3-4-15(22)17(8-12)28-2)9-18(24)21-13-5-6-30(26,27)10-13/h3-4,7-8,13-14,22,25H,5-6,9-10H2,1-2H3,(H,21,24)/t13-,14+/m1/s1. The number of sulfone groups is 1. The molecule has 0 unspecified atom stereocenters. The van der Waals surface area contributed by atoms with Crippen LogP contribution in [0.25, 0.3) is 0 Å². The third-order valence-corrected chi connectivity index (χ3v) is 6.75. The first kappa shape index (κ1) is 21.7. The van der Waals surface area contributed by atoms with Gasteiger partial charge in [0.05, 0.1) is 24.5 Å². The van der Waals surface area contributed by atoms with Crippen LogP contribution in [0.1, 0.15) is 35.8 Å². The maximum atomic E-state index is 12.7. The van der Waals surface area contributed by atoms with E-state index in [1.54, 1.807) is 6.92 Å². The zero-order chi connectivity index (χ0) is 22.1. The maximum absolute atomic E-state index is 12.7. The molecule has 0 radical (unpaired) electrons. The molecule has 0 bridgehead atoms. The Bertz CT molecular complexity index is 1120. The quantitative estimate of drug-likeness (QED) is 0.612. The van der Waals surface area contributed by atoms with Crippen molar-refractivity contribution >= 4 is 15.7 Å². The number of phenolic OH excluding ortho intramolecular Hbond substituents is 1. The van der Waals surface area contributed by atoms with Crippen LogP contribution in [0, 0.1) is 6.92 Å². The summed E-state index contributed by atoms with van der Waals surface area (Å²) in [5, 5.41) is 22.9. The average Bonchev–Trinajstić information content (AvgIpc) is 3.01. The van der Waals surface area contributed by atoms with Gasteiger partial charge in [0.25, 0.3) is 0 Å². The van der Waals surface area contributed by atoms with E-state index in [0.717, 1.165) is 6.07 Å². The number of amides is 1. The first-order chi connectivity index (χ1) is 14.1. The maximum Gasteiger partial charge on any atom is 0.227 e. The fraction of sp³-hybridized carbons (Fsp3) is 0.400. The predicted octanol–water partition coefficient (Wildman–Crippen LogP) is 1.19. The fourth-order valence-electron chi connectivity index (χ4n) is 3.52. The van der Waals surface area contributed by atoms with E-state index in [9.17, 15) is 28.2 Å². The number of rotatable bonds is 6. The van der Waals surface area contributed by atoms with E-state index in [-0.39, 0.29) is 40.9 Å². The van der Waals surface area contributed by atoms with E-state index < -0.39 is 38.9 Å². The Kier molecular flexibility index (Phi) is 6.06. The summed E-state index contributed by atoms with van der Waals surface area (Å²) in [6.07, 6.45) is 0.112. The number of carbonyl (C=O) groups excluding carboxylic acids is 1. The Morgan fingerprint density at radius 2 is 2.07 bits per heavy atom. The number of hydrogen-bond acceptors (Lipinski definition) is 8. The van der Waals surface area contributed by atoms with Crippen LogP contribution in [0.5, 0.6) is 17.2 Å².